The van der Waals surface area contributed by atoms with Gasteiger partial charge in [0.25, 0.3) is 0 Å². The number of amides is 2. The van der Waals surface area contributed by atoms with E-state index in [0.29, 0.717) is 19.6 Å². The zero-order valence-electron chi connectivity index (χ0n) is 22.2. The van der Waals surface area contributed by atoms with Crippen LogP contribution in [-0.4, -0.2) is 46.2 Å². The van der Waals surface area contributed by atoms with Gasteiger partial charge < -0.3 is 14.8 Å². The Morgan fingerprint density at radius 2 is 1.58 bits per heavy atom. The molecule has 2 atom stereocenters. The van der Waals surface area contributed by atoms with Crippen molar-refractivity contribution in [2.45, 2.75) is 45.1 Å². The molecule has 1 heterocycles. The fourth-order valence-electron chi connectivity index (χ4n) is 5.34. The van der Waals surface area contributed by atoms with Crippen molar-refractivity contribution in [1.29, 1.82) is 0 Å². The van der Waals surface area contributed by atoms with Gasteiger partial charge >= 0.3 is 0 Å². The molecule has 0 saturated heterocycles. The second-order valence-electron chi connectivity index (χ2n) is 10.4. The monoisotopic (exact) mass is 507 g/mol. The van der Waals surface area contributed by atoms with Gasteiger partial charge in [-0.05, 0) is 47.9 Å². The first kappa shape index (κ1) is 25.8. The van der Waals surface area contributed by atoms with Gasteiger partial charge in [0.1, 0.15) is 0 Å². The molecule has 38 heavy (non-hydrogen) atoms. The van der Waals surface area contributed by atoms with E-state index in [1.807, 2.05) is 64.5 Å². The molecule has 0 bridgehead atoms. The number of benzene rings is 3. The summed E-state index contributed by atoms with van der Waals surface area (Å²) < 4.78 is 0. The van der Waals surface area contributed by atoms with Crippen LogP contribution in [0.3, 0.4) is 0 Å². The maximum Gasteiger partial charge on any atom is 0.242 e. The molecular weight excluding hydrogens is 470 g/mol. The smallest absolute Gasteiger partial charge is 0.242 e. The predicted octanol–water partition coefficient (Wildman–Crippen LogP) is 6.17. The number of H-pyrrole nitrogens is 1. The molecule has 1 aliphatic rings. The van der Waals surface area contributed by atoms with Crippen molar-refractivity contribution < 1.29 is 9.59 Å². The number of unbranched alkanes of at least 4 members (excludes halogenated alkanes) is 1. The lowest BCUT2D eigenvalue weighted by Gasteiger charge is -2.28. The molecule has 4 aromatic rings. The van der Waals surface area contributed by atoms with Crippen molar-refractivity contribution in [3.8, 4) is 0 Å². The third kappa shape index (κ3) is 6.16. The fraction of sp³-hybridized carbons (Fsp3) is 0.333. The summed E-state index contributed by atoms with van der Waals surface area (Å²) in [7, 11) is 0. The van der Waals surface area contributed by atoms with E-state index >= 15 is 0 Å². The zero-order valence-corrected chi connectivity index (χ0v) is 22.2. The highest BCUT2D eigenvalue weighted by Crippen LogP contribution is 2.48. The molecular formula is C33H37N3O2. The first-order valence-corrected chi connectivity index (χ1v) is 13.8. The number of aromatic nitrogens is 1. The number of hydrogen-bond donors (Lipinski definition) is 1. The molecule has 5 nitrogen and oxygen atoms in total. The van der Waals surface area contributed by atoms with E-state index in [4.69, 9.17) is 0 Å². The van der Waals surface area contributed by atoms with Crippen LogP contribution in [-0.2, 0) is 22.6 Å². The number of fused-ring (bicyclic) bond motifs is 1. The van der Waals surface area contributed by atoms with E-state index < -0.39 is 0 Å². The Kier molecular flexibility index (Phi) is 8.22. The largest absolute Gasteiger partial charge is 0.361 e. The molecule has 5 rings (SSSR count). The van der Waals surface area contributed by atoms with Crippen LogP contribution < -0.4 is 0 Å². The summed E-state index contributed by atoms with van der Waals surface area (Å²) in [6.07, 6.45) is 5.55. The van der Waals surface area contributed by atoms with Crippen LogP contribution in [0, 0.1) is 5.92 Å². The Morgan fingerprint density at radius 3 is 2.34 bits per heavy atom. The number of aromatic amines is 1. The number of nitrogens with zero attached hydrogens (tertiary/aromatic N) is 2. The summed E-state index contributed by atoms with van der Waals surface area (Å²) in [6.45, 7) is 4.02. The third-order valence-corrected chi connectivity index (χ3v) is 7.65. The van der Waals surface area contributed by atoms with E-state index in [2.05, 4.69) is 48.3 Å². The third-order valence-electron chi connectivity index (χ3n) is 7.65. The lowest BCUT2D eigenvalue weighted by molar-refractivity contribution is -0.141. The Hall–Kier alpha value is -3.86. The first-order chi connectivity index (χ1) is 18.6. The number of carbonyl (C=O) groups is 2. The minimum Gasteiger partial charge on any atom is -0.361 e. The summed E-state index contributed by atoms with van der Waals surface area (Å²) in [5.41, 5.74) is 4.63. The molecule has 2 unspecified atom stereocenters. The Bertz CT molecular complexity index is 1350. The fourth-order valence-corrected chi connectivity index (χ4v) is 5.34. The normalized spacial score (nSPS) is 16.3. The van der Waals surface area contributed by atoms with E-state index in [9.17, 15) is 9.59 Å². The molecule has 1 aliphatic carbocycles. The summed E-state index contributed by atoms with van der Waals surface area (Å²) in [5, 5.41) is 1.19. The van der Waals surface area contributed by atoms with Crippen molar-refractivity contribution in [2.24, 2.45) is 5.92 Å². The van der Waals surface area contributed by atoms with E-state index in [0.717, 1.165) is 36.8 Å². The molecule has 196 valence electrons. The molecule has 3 aromatic carbocycles. The maximum atomic E-state index is 13.8. The van der Waals surface area contributed by atoms with Crippen molar-refractivity contribution in [3.05, 3.63) is 108 Å². The zero-order chi connectivity index (χ0) is 26.3. The van der Waals surface area contributed by atoms with Gasteiger partial charge in [-0.1, -0.05) is 92.2 Å². The van der Waals surface area contributed by atoms with Crippen molar-refractivity contribution >= 4 is 22.7 Å². The van der Waals surface area contributed by atoms with Gasteiger partial charge in [0.2, 0.25) is 11.8 Å². The highest BCUT2D eigenvalue weighted by atomic mass is 16.2. The molecule has 1 N–H and O–H groups in total. The highest BCUT2D eigenvalue weighted by molar-refractivity contribution is 5.88. The maximum absolute atomic E-state index is 13.8. The van der Waals surface area contributed by atoms with E-state index in [1.165, 1.54) is 16.5 Å². The molecule has 5 heteroatoms. The second-order valence-corrected chi connectivity index (χ2v) is 10.4. The predicted molar refractivity (Wildman–Crippen MR) is 153 cm³/mol. The number of carbonyl (C=O) groups excluding carboxylic acids is 2. The number of rotatable bonds is 12. The van der Waals surface area contributed by atoms with Crippen LogP contribution in [0.5, 0.6) is 0 Å². The number of nitrogens with one attached hydrogen (secondary N) is 1. The Balaban J connectivity index is 1.30. The molecule has 2 amide bonds. The quantitative estimate of drug-likeness (QED) is 0.249. The van der Waals surface area contributed by atoms with Gasteiger partial charge in [0.15, 0.2) is 0 Å². The summed E-state index contributed by atoms with van der Waals surface area (Å²) >= 11 is 0. The lowest BCUT2D eigenvalue weighted by Crippen LogP contribution is -2.44. The van der Waals surface area contributed by atoms with Crippen LogP contribution in [0.2, 0.25) is 0 Å². The van der Waals surface area contributed by atoms with Crippen molar-refractivity contribution in [3.63, 3.8) is 0 Å². The minimum absolute atomic E-state index is 0.00931. The SMILES string of the molecule is CCCCN(CC(=O)N(CCc1c[nH]c2ccccc12)Cc1ccccc1)C(=O)C1CC1c1ccccc1. The van der Waals surface area contributed by atoms with Gasteiger partial charge in [0, 0.05) is 42.7 Å². The van der Waals surface area contributed by atoms with Gasteiger partial charge in [-0.25, -0.2) is 0 Å². The molecule has 0 spiro atoms. The van der Waals surface area contributed by atoms with Crippen LogP contribution in [0.15, 0.2) is 91.1 Å². The average molecular weight is 508 g/mol. The highest BCUT2D eigenvalue weighted by Gasteiger charge is 2.45. The van der Waals surface area contributed by atoms with Crippen LogP contribution in [0.1, 0.15) is 48.8 Å². The molecule has 0 aliphatic heterocycles. The summed E-state index contributed by atoms with van der Waals surface area (Å²) in [5.74, 6) is 0.382. The number of hydrogen-bond acceptors (Lipinski definition) is 2. The average Bonchev–Trinajstić information content (AvgIpc) is 3.66. The second kappa shape index (κ2) is 12.1. The van der Waals surface area contributed by atoms with Crippen LogP contribution >= 0.6 is 0 Å². The molecule has 1 fully saturated rings. The van der Waals surface area contributed by atoms with Gasteiger partial charge in [0.05, 0.1) is 6.54 Å². The van der Waals surface area contributed by atoms with E-state index in [1.54, 1.807) is 0 Å². The van der Waals surface area contributed by atoms with Gasteiger partial charge in [-0.15, -0.1) is 0 Å². The standard InChI is InChI=1S/C33H37N3O2/c1-2-3-19-36(33(38)30-21-29(30)26-14-8-5-9-15-26)24-32(37)35(23-25-12-6-4-7-13-25)20-18-27-22-34-31-17-11-10-16-28(27)31/h4-17,22,29-30,34H,2-3,18-21,23-24H2,1H3. The van der Waals surface area contributed by atoms with E-state index in [-0.39, 0.29) is 30.2 Å². The number of para-hydroxylation sites is 1. The minimum atomic E-state index is -0.0177. The Labute approximate surface area is 225 Å². The van der Waals surface area contributed by atoms with Gasteiger partial charge in [-0.2, -0.15) is 0 Å². The lowest BCUT2D eigenvalue weighted by atomic mass is 10.1. The molecule has 1 saturated carbocycles. The van der Waals surface area contributed by atoms with Gasteiger partial charge in [-0.3, -0.25) is 9.59 Å². The summed E-state index contributed by atoms with van der Waals surface area (Å²) in [6, 6.07) is 28.7. The van der Waals surface area contributed by atoms with Crippen LogP contribution in [0.25, 0.3) is 10.9 Å². The van der Waals surface area contributed by atoms with Crippen LogP contribution in [0.4, 0.5) is 0 Å². The first-order valence-electron chi connectivity index (χ1n) is 13.8. The van der Waals surface area contributed by atoms with Crippen molar-refractivity contribution in [2.75, 3.05) is 19.6 Å². The molecule has 1 aromatic heterocycles. The summed E-state index contributed by atoms with van der Waals surface area (Å²) in [4.78, 5) is 34.4. The Morgan fingerprint density at radius 1 is 0.868 bits per heavy atom. The molecule has 0 radical (unpaired) electrons. The topological polar surface area (TPSA) is 56.4 Å². The van der Waals surface area contributed by atoms with Crippen molar-refractivity contribution in [1.82, 2.24) is 14.8 Å².